The summed E-state index contributed by atoms with van der Waals surface area (Å²) in [5.74, 6) is -0.687. The number of carboxylic acid groups (broad SMARTS) is 1. The van der Waals surface area contributed by atoms with Crippen molar-refractivity contribution in [1.82, 2.24) is 4.57 Å². The fourth-order valence-corrected chi connectivity index (χ4v) is 3.53. The van der Waals surface area contributed by atoms with E-state index in [0.29, 0.717) is 0 Å². The number of nitrogens with zero attached hydrogens (tertiary/aromatic N) is 1. The van der Waals surface area contributed by atoms with Gasteiger partial charge in [0.25, 0.3) is 0 Å². The summed E-state index contributed by atoms with van der Waals surface area (Å²) in [6.45, 7) is 3.05. The summed E-state index contributed by atoms with van der Waals surface area (Å²) in [6.07, 6.45) is 4.56. The summed E-state index contributed by atoms with van der Waals surface area (Å²) < 4.78 is 3.40. The molecule has 0 bridgehead atoms. The van der Waals surface area contributed by atoms with Gasteiger partial charge in [-0.3, -0.25) is 4.79 Å². The van der Waals surface area contributed by atoms with E-state index in [1.807, 2.05) is 6.92 Å². The van der Waals surface area contributed by atoms with E-state index in [4.69, 9.17) is 5.11 Å². The van der Waals surface area contributed by atoms with Gasteiger partial charge in [-0.2, -0.15) is 0 Å². The van der Waals surface area contributed by atoms with Crippen LogP contribution in [0.5, 0.6) is 0 Å². The van der Waals surface area contributed by atoms with E-state index in [0.717, 1.165) is 29.4 Å². The Hall–Kier alpha value is -1.29. The first kappa shape index (κ1) is 12.7. The van der Waals surface area contributed by atoms with E-state index in [9.17, 15) is 4.79 Å². The SMILES string of the molecule is CC(CC(=O)O)c1cc2c3c(c1)c(Br)cn3CCC2. The third kappa shape index (κ3) is 2.18. The van der Waals surface area contributed by atoms with Crippen LogP contribution in [-0.2, 0) is 17.8 Å². The molecule has 2 heterocycles. The highest BCUT2D eigenvalue weighted by Gasteiger charge is 2.19. The molecule has 0 radical (unpaired) electrons. The predicted octanol–water partition coefficient (Wildman–Crippen LogP) is 3.93. The van der Waals surface area contributed by atoms with Gasteiger partial charge in [0, 0.05) is 22.6 Å². The molecule has 100 valence electrons. The molecule has 0 spiro atoms. The van der Waals surface area contributed by atoms with Crippen LogP contribution in [0.1, 0.15) is 36.8 Å². The Labute approximate surface area is 120 Å². The van der Waals surface area contributed by atoms with Gasteiger partial charge in [-0.15, -0.1) is 0 Å². The summed E-state index contributed by atoms with van der Waals surface area (Å²) in [6, 6.07) is 4.33. The number of carboxylic acids is 1. The van der Waals surface area contributed by atoms with Crippen molar-refractivity contribution in [2.24, 2.45) is 0 Å². The summed E-state index contributed by atoms with van der Waals surface area (Å²) in [7, 11) is 0. The highest BCUT2D eigenvalue weighted by molar-refractivity contribution is 9.10. The first-order valence-electron chi connectivity index (χ1n) is 6.59. The van der Waals surface area contributed by atoms with Crippen molar-refractivity contribution in [3.63, 3.8) is 0 Å². The Morgan fingerprint density at radius 2 is 2.32 bits per heavy atom. The molecular weight excluding hydrogens is 306 g/mol. The minimum Gasteiger partial charge on any atom is -0.481 e. The van der Waals surface area contributed by atoms with E-state index < -0.39 is 5.97 Å². The third-order valence-electron chi connectivity index (χ3n) is 3.92. The topological polar surface area (TPSA) is 42.2 Å². The lowest BCUT2D eigenvalue weighted by Gasteiger charge is -2.18. The molecule has 3 rings (SSSR count). The molecule has 0 amide bonds. The van der Waals surface area contributed by atoms with Crippen LogP contribution >= 0.6 is 15.9 Å². The van der Waals surface area contributed by atoms with Crippen LogP contribution in [0.25, 0.3) is 10.9 Å². The maximum atomic E-state index is 10.9. The maximum absolute atomic E-state index is 10.9. The quantitative estimate of drug-likeness (QED) is 0.930. The number of rotatable bonds is 3. The van der Waals surface area contributed by atoms with E-state index in [1.54, 1.807) is 0 Å². The van der Waals surface area contributed by atoms with Crippen molar-refractivity contribution >= 4 is 32.8 Å². The fraction of sp³-hybridized carbons (Fsp3) is 0.400. The smallest absolute Gasteiger partial charge is 0.303 e. The summed E-state index contributed by atoms with van der Waals surface area (Å²) in [5.41, 5.74) is 3.79. The lowest BCUT2D eigenvalue weighted by atomic mass is 9.92. The zero-order chi connectivity index (χ0) is 13.6. The number of benzene rings is 1. The second kappa shape index (κ2) is 4.67. The molecule has 1 aromatic heterocycles. The lowest BCUT2D eigenvalue weighted by Crippen LogP contribution is -2.08. The van der Waals surface area contributed by atoms with E-state index in [2.05, 4.69) is 38.8 Å². The Bertz CT molecular complexity index is 660. The molecule has 1 aliphatic heterocycles. The summed E-state index contributed by atoms with van der Waals surface area (Å²) >= 11 is 3.62. The molecule has 1 atom stereocenters. The Kier molecular flexibility index (Phi) is 3.13. The Balaban J connectivity index is 2.13. The minimum atomic E-state index is -0.738. The van der Waals surface area contributed by atoms with Gasteiger partial charge >= 0.3 is 5.97 Å². The average Bonchev–Trinajstić information content (AvgIpc) is 2.67. The normalized spacial score (nSPS) is 15.7. The van der Waals surface area contributed by atoms with E-state index in [1.165, 1.54) is 16.5 Å². The zero-order valence-electron chi connectivity index (χ0n) is 10.8. The molecular formula is C15H16BrNO2. The van der Waals surface area contributed by atoms with Crippen LogP contribution in [-0.4, -0.2) is 15.6 Å². The van der Waals surface area contributed by atoms with Crippen molar-refractivity contribution in [2.75, 3.05) is 0 Å². The highest BCUT2D eigenvalue weighted by Crippen LogP contribution is 2.35. The van der Waals surface area contributed by atoms with Crippen molar-refractivity contribution in [3.8, 4) is 0 Å². The monoisotopic (exact) mass is 321 g/mol. The summed E-state index contributed by atoms with van der Waals surface area (Å²) in [5, 5.41) is 10.2. The van der Waals surface area contributed by atoms with Gasteiger partial charge in [-0.25, -0.2) is 0 Å². The molecule has 1 N–H and O–H groups in total. The minimum absolute atomic E-state index is 0.0512. The van der Waals surface area contributed by atoms with Crippen LogP contribution in [0.15, 0.2) is 22.8 Å². The lowest BCUT2D eigenvalue weighted by molar-refractivity contribution is -0.137. The second-order valence-corrected chi connectivity index (χ2v) is 6.20. The first-order chi connectivity index (χ1) is 9.06. The van der Waals surface area contributed by atoms with Crippen molar-refractivity contribution < 1.29 is 9.90 Å². The van der Waals surface area contributed by atoms with Crippen molar-refractivity contribution in [2.45, 2.75) is 38.6 Å². The molecule has 0 aliphatic carbocycles. The van der Waals surface area contributed by atoms with Gasteiger partial charge in [-0.05, 0) is 51.9 Å². The number of hydrogen-bond acceptors (Lipinski definition) is 1. The summed E-state index contributed by atoms with van der Waals surface area (Å²) in [4.78, 5) is 10.9. The highest BCUT2D eigenvalue weighted by atomic mass is 79.9. The van der Waals surface area contributed by atoms with Gasteiger partial charge in [0.1, 0.15) is 0 Å². The zero-order valence-corrected chi connectivity index (χ0v) is 12.4. The van der Waals surface area contributed by atoms with Crippen LogP contribution in [0.3, 0.4) is 0 Å². The maximum Gasteiger partial charge on any atom is 0.303 e. The van der Waals surface area contributed by atoms with E-state index in [-0.39, 0.29) is 12.3 Å². The molecule has 0 fully saturated rings. The fourth-order valence-electron chi connectivity index (χ4n) is 2.98. The molecule has 1 aliphatic rings. The number of aryl methyl sites for hydroxylation is 2. The van der Waals surface area contributed by atoms with Crippen molar-refractivity contribution in [1.29, 1.82) is 0 Å². The molecule has 0 saturated heterocycles. The van der Waals surface area contributed by atoms with Crippen molar-refractivity contribution in [3.05, 3.63) is 33.9 Å². The Morgan fingerprint density at radius 3 is 3.05 bits per heavy atom. The van der Waals surface area contributed by atoms with Crippen LogP contribution in [0, 0.1) is 0 Å². The van der Waals surface area contributed by atoms with Gasteiger partial charge < -0.3 is 9.67 Å². The van der Waals surface area contributed by atoms with Gasteiger partial charge in [-0.1, -0.05) is 13.0 Å². The van der Waals surface area contributed by atoms with Crippen LogP contribution in [0.2, 0.25) is 0 Å². The van der Waals surface area contributed by atoms with Crippen LogP contribution in [0.4, 0.5) is 0 Å². The Morgan fingerprint density at radius 1 is 1.53 bits per heavy atom. The third-order valence-corrected chi connectivity index (χ3v) is 4.55. The molecule has 1 aromatic carbocycles. The first-order valence-corrected chi connectivity index (χ1v) is 7.38. The second-order valence-electron chi connectivity index (χ2n) is 5.35. The number of aromatic nitrogens is 1. The number of carbonyl (C=O) groups is 1. The molecule has 3 nitrogen and oxygen atoms in total. The molecule has 1 unspecified atom stereocenters. The molecule has 0 saturated carbocycles. The number of aliphatic carboxylic acids is 1. The molecule has 4 heteroatoms. The van der Waals surface area contributed by atoms with Gasteiger partial charge in [0.2, 0.25) is 0 Å². The van der Waals surface area contributed by atoms with E-state index >= 15 is 0 Å². The molecule has 19 heavy (non-hydrogen) atoms. The number of hydrogen-bond donors (Lipinski definition) is 1. The van der Waals surface area contributed by atoms with Gasteiger partial charge in [0.15, 0.2) is 0 Å². The predicted molar refractivity (Wildman–Crippen MR) is 78.6 cm³/mol. The van der Waals surface area contributed by atoms with Crippen LogP contribution < -0.4 is 0 Å². The molecule has 2 aromatic rings. The number of halogens is 1. The largest absolute Gasteiger partial charge is 0.481 e. The standard InChI is InChI=1S/C15H16BrNO2/c1-9(5-14(18)19)11-6-10-3-2-4-17-8-13(16)12(7-11)15(10)17/h6-9H,2-5H2,1H3,(H,18,19). The van der Waals surface area contributed by atoms with Gasteiger partial charge in [0.05, 0.1) is 11.9 Å². The average molecular weight is 322 g/mol.